The first-order valence-corrected chi connectivity index (χ1v) is 8.13. The number of hydrogen-bond acceptors (Lipinski definition) is 3. The van der Waals surface area contributed by atoms with Crippen LogP contribution < -0.4 is 5.32 Å². The molecule has 0 spiro atoms. The van der Waals surface area contributed by atoms with Crippen molar-refractivity contribution < 1.29 is 4.79 Å². The highest BCUT2D eigenvalue weighted by molar-refractivity contribution is 5.97. The Morgan fingerprint density at radius 1 is 1.12 bits per heavy atom. The zero-order valence-electron chi connectivity index (χ0n) is 13.7. The molecule has 0 atom stereocenters. The molecule has 2 aromatic carbocycles. The van der Waals surface area contributed by atoms with Gasteiger partial charge in [-0.2, -0.15) is 0 Å². The molecule has 0 aliphatic heterocycles. The number of imidazole rings is 2. The molecule has 0 radical (unpaired) electrons. The van der Waals surface area contributed by atoms with Crippen molar-refractivity contribution in [3.63, 3.8) is 0 Å². The number of nitrogens with one attached hydrogen (secondary N) is 3. The van der Waals surface area contributed by atoms with Crippen molar-refractivity contribution in [2.45, 2.75) is 6.92 Å². The maximum atomic E-state index is 12.0. The van der Waals surface area contributed by atoms with Gasteiger partial charge in [0.15, 0.2) is 0 Å². The van der Waals surface area contributed by atoms with Crippen molar-refractivity contribution in [2.24, 2.45) is 0 Å². The van der Waals surface area contributed by atoms with E-state index in [0.717, 1.165) is 33.8 Å². The summed E-state index contributed by atoms with van der Waals surface area (Å²) in [6.45, 7) is 2.50. The standard InChI is InChI=1S/C19H17N5O/c1-2-20-19(25)12-7-8-15-16(11-12)24-18(23-15)14-6-4-3-5-13(14)17-21-9-10-22-17/h3-11H,2H2,1H3,(H,20,25)(H,21,22)(H,23,24). The SMILES string of the molecule is CCNC(=O)c1ccc2nc(-c3ccccc3-c3ncc[nH]3)[nH]c2c1. The van der Waals surface area contributed by atoms with E-state index in [1.165, 1.54) is 0 Å². The minimum atomic E-state index is -0.0865. The third kappa shape index (κ3) is 2.78. The van der Waals surface area contributed by atoms with Gasteiger partial charge in [-0.05, 0) is 25.1 Å². The van der Waals surface area contributed by atoms with Crippen LogP contribution in [0.2, 0.25) is 0 Å². The summed E-state index contributed by atoms with van der Waals surface area (Å²) in [6.07, 6.45) is 3.52. The summed E-state index contributed by atoms with van der Waals surface area (Å²) < 4.78 is 0. The van der Waals surface area contributed by atoms with Gasteiger partial charge in [-0.25, -0.2) is 9.97 Å². The van der Waals surface area contributed by atoms with Crippen molar-refractivity contribution in [1.29, 1.82) is 0 Å². The first-order chi connectivity index (χ1) is 12.3. The first kappa shape index (κ1) is 15.1. The number of benzene rings is 2. The van der Waals surface area contributed by atoms with Crippen molar-refractivity contribution in [3.05, 3.63) is 60.4 Å². The molecule has 0 aliphatic rings. The molecule has 0 fully saturated rings. The number of hydrogen-bond donors (Lipinski definition) is 3. The van der Waals surface area contributed by atoms with E-state index in [2.05, 4.69) is 25.3 Å². The molecule has 0 bridgehead atoms. The van der Waals surface area contributed by atoms with Gasteiger partial charge in [0.05, 0.1) is 11.0 Å². The molecule has 4 rings (SSSR count). The number of nitrogens with zero attached hydrogens (tertiary/aromatic N) is 2. The second-order valence-electron chi connectivity index (χ2n) is 5.66. The molecule has 2 aromatic heterocycles. The van der Waals surface area contributed by atoms with E-state index in [0.29, 0.717) is 12.1 Å². The Bertz CT molecular complexity index is 1030. The van der Waals surface area contributed by atoms with E-state index in [1.807, 2.05) is 43.3 Å². The Hall–Kier alpha value is -3.41. The fraction of sp³-hybridized carbons (Fsp3) is 0.105. The van der Waals surface area contributed by atoms with E-state index < -0.39 is 0 Å². The van der Waals surface area contributed by atoms with Crippen LogP contribution in [-0.4, -0.2) is 32.4 Å². The molecule has 6 nitrogen and oxygen atoms in total. The predicted octanol–water partition coefficient (Wildman–Crippen LogP) is 3.37. The molecule has 4 aromatic rings. The van der Waals surface area contributed by atoms with Crippen molar-refractivity contribution in [3.8, 4) is 22.8 Å². The second kappa shape index (κ2) is 6.24. The fourth-order valence-electron chi connectivity index (χ4n) is 2.85. The lowest BCUT2D eigenvalue weighted by atomic mass is 10.1. The number of aromatic amines is 2. The summed E-state index contributed by atoms with van der Waals surface area (Å²) in [5.41, 5.74) is 4.18. The summed E-state index contributed by atoms with van der Waals surface area (Å²) in [5.74, 6) is 1.45. The maximum Gasteiger partial charge on any atom is 0.251 e. The lowest BCUT2D eigenvalue weighted by Crippen LogP contribution is -2.22. The van der Waals surface area contributed by atoms with Crippen LogP contribution in [0, 0.1) is 0 Å². The molecule has 1 amide bonds. The van der Waals surface area contributed by atoms with E-state index in [4.69, 9.17) is 0 Å². The summed E-state index contributed by atoms with van der Waals surface area (Å²) in [7, 11) is 0. The van der Waals surface area contributed by atoms with Gasteiger partial charge in [0.1, 0.15) is 11.6 Å². The number of H-pyrrole nitrogens is 2. The molecule has 0 saturated carbocycles. The number of fused-ring (bicyclic) bond motifs is 1. The number of rotatable bonds is 4. The van der Waals surface area contributed by atoms with Crippen LogP contribution >= 0.6 is 0 Å². The van der Waals surface area contributed by atoms with E-state index in [1.54, 1.807) is 18.5 Å². The Morgan fingerprint density at radius 3 is 2.64 bits per heavy atom. The van der Waals surface area contributed by atoms with Gasteiger partial charge in [0.25, 0.3) is 5.91 Å². The van der Waals surface area contributed by atoms with Gasteiger partial charge in [0.2, 0.25) is 0 Å². The normalized spacial score (nSPS) is 10.9. The second-order valence-corrected chi connectivity index (χ2v) is 5.66. The van der Waals surface area contributed by atoms with Crippen LogP contribution in [0.1, 0.15) is 17.3 Å². The molecule has 0 saturated heterocycles. The van der Waals surface area contributed by atoms with Crippen LogP contribution in [0.25, 0.3) is 33.8 Å². The number of aromatic nitrogens is 4. The van der Waals surface area contributed by atoms with E-state index >= 15 is 0 Å². The van der Waals surface area contributed by atoms with Crippen molar-refractivity contribution in [1.82, 2.24) is 25.3 Å². The van der Waals surface area contributed by atoms with Gasteiger partial charge in [-0.3, -0.25) is 4.79 Å². The van der Waals surface area contributed by atoms with Gasteiger partial charge < -0.3 is 15.3 Å². The molecule has 0 aliphatic carbocycles. The molecule has 2 heterocycles. The van der Waals surface area contributed by atoms with Crippen LogP contribution in [0.3, 0.4) is 0 Å². The summed E-state index contributed by atoms with van der Waals surface area (Å²) in [6, 6.07) is 13.4. The summed E-state index contributed by atoms with van der Waals surface area (Å²) in [5, 5.41) is 2.81. The number of amides is 1. The zero-order valence-corrected chi connectivity index (χ0v) is 13.7. The molecule has 124 valence electrons. The average Bonchev–Trinajstić information content (AvgIpc) is 3.31. The monoisotopic (exact) mass is 331 g/mol. The average molecular weight is 331 g/mol. The van der Waals surface area contributed by atoms with E-state index in [9.17, 15) is 4.79 Å². The molecule has 3 N–H and O–H groups in total. The fourth-order valence-corrected chi connectivity index (χ4v) is 2.85. The Labute approximate surface area is 144 Å². The summed E-state index contributed by atoms with van der Waals surface area (Å²) >= 11 is 0. The Kier molecular flexibility index (Phi) is 3.78. The van der Waals surface area contributed by atoms with Gasteiger partial charge >= 0.3 is 0 Å². The Morgan fingerprint density at radius 2 is 1.92 bits per heavy atom. The highest BCUT2D eigenvalue weighted by Crippen LogP contribution is 2.29. The van der Waals surface area contributed by atoms with Gasteiger partial charge in [0, 0.05) is 35.6 Å². The summed E-state index contributed by atoms with van der Waals surface area (Å²) in [4.78, 5) is 27.5. The van der Waals surface area contributed by atoms with Gasteiger partial charge in [-0.1, -0.05) is 24.3 Å². The third-order valence-corrected chi connectivity index (χ3v) is 4.02. The first-order valence-electron chi connectivity index (χ1n) is 8.13. The molecule has 25 heavy (non-hydrogen) atoms. The van der Waals surface area contributed by atoms with Crippen LogP contribution in [0.15, 0.2) is 54.9 Å². The van der Waals surface area contributed by atoms with Gasteiger partial charge in [-0.15, -0.1) is 0 Å². The highest BCUT2D eigenvalue weighted by Gasteiger charge is 2.13. The van der Waals surface area contributed by atoms with Crippen molar-refractivity contribution >= 4 is 16.9 Å². The molecular formula is C19H17N5O. The smallest absolute Gasteiger partial charge is 0.251 e. The van der Waals surface area contributed by atoms with E-state index in [-0.39, 0.29) is 5.91 Å². The molecule has 6 heteroatoms. The zero-order chi connectivity index (χ0) is 17.2. The van der Waals surface area contributed by atoms with Crippen LogP contribution in [0.4, 0.5) is 0 Å². The quantitative estimate of drug-likeness (QED) is 0.536. The lowest BCUT2D eigenvalue weighted by molar-refractivity contribution is 0.0956. The number of carbonyl (C=O) groups excluding carboxylic acids is 1. The highest BCUT2D eigenvalue weighted by atomic mass is 16.1. The van der Waals surface area contributed by atoms with Crippen LogP contribution in [0.5, 0.6) is 0 Å². The largest absolute Gasteiger partial charge is 0.352 e. The number of carbonyl (C=O) groups is 1. The third-order valence-electron chi connectivity index (χ3n) is 4.02. The lowest BCUT2D eigenvalue weighted by Gasteiger charge is -2.04. The van der Waals surface area contributed by atoms with Crippen molar-refractivity contribution in [2.75, 3.05) is 6.54 Å². The minimum absolute atomic E-state index is 0.0865. The van der Waals surface area contributed by atoms with Crippen LogP contribution in [-0.2, 0) is 0 Å². The topological polar surface area (TPSA) is 86.5 Å². The maximum absolute atomic E-state index is 12.0. The molecular weight excluding hydrogens is 314 g/mol. The minimum Gasteiger partial charge on any atom is -0.352 e. The predicted molar refractivity (Wildman–Crippen MR) is 97.1 cm³/mol. The molecule has 0 unspecified atom stereocenters. The Balaban J connectivity index is 1.80.